The van der Waals surface area contributed by atoms with Crippen molar-refractivity contribution in [2.75, 3.05) is 19.0 Å². The zero-order valence-corrected chi connectivity index (χ0v) is 15.2. The first kappa shape index (κ1) is 17.1. The summed E-state index contributed by atoms with van der Waals surface area (Å²) in [4.78, 5) is 12.8. The van der Waals surface area contributed by atoms with Crippen LogP contribution in [-0.4, -0.2) is 37.0 Å². The van der Waals surface area contributed by atoms with Crippen LogP contribution in [0.1, 0.15) is 12.0 Å². The van der Waals surface area contributed by atoms with Crippen molar-refractivity contribution in [1.82, 2.24) is 4.31 Å². The van der Waals surface area contributed by atoms with Crippen molar-refractivity contribution in [3.8, 4) is 5.75 Å². The highest BCUT2D eigenvalue weighted by molar-refractivity contribution is 7.92. The minimum absolute atomic E-state index is 0.144. The highest BCUT2D eigenvalue weighted by Crippen LogP contribution is 2.58. The summed E-state index contributed by atoms with van der Waals surface area (Å²) in [5.74, 6) is 0.0886. The second kappa shape index (κ2) is 6.10. The number of sulfonamides is 1. The number of carbonyl (C=O) groups is 1. The van der Waals surface area contributed by atoms with Gasteiger partial charge in [-0.2, -0.15) is 4.31 Å². The van der Waals surface area contributed by atoms with Crippen LogP contribution in [0.25, 0.3) is 0 Å². The van der Waals surface area contributed by atoms with Gasteiger partial charge in [-0.25, -0.2) is 8.42 Å². The molecule has 2 atom stereocenters. The number of methoxy groups -OCH3 is 1. The summed E-state index contributed by atoms with van der Waals surface area (Å²) < 4.78 is 31.3. The third-order valence-electron chi connectivity index (χ3n) is 5.21. The van der Waals surface area contributed by atoms with Crippen LogP contribution in [-0.2, 0) is 21.4 Å². The van der Waals surface area contributed by atoms with Gasteiger partial charge in [-0.05, 0) is 36.2 Å². The number of carbonyl (C=O) groups excluding carboxylic acids is 1. The second-order valence-electron chi connectivity index (χ2n) is 6.76. The first-order valence-electron chi connectivity index (χ1n) is 8.46. The fourth-order valence-corrected chi connectivity index (χ4v) is 6.00. The predicted octanol–water partition coefficient (Wildman–Crippen LogP) is 2.24. The Labute approximate surface area is 152 Å². The van der Waals surface area contributed by atoms with E-state index >= 15 is 0 Å². The number of ether oxygens (including phenoxy) is 1. The molecule has 0 radical (unpaired) electrons. The van der Waals surface area contributed by atoms with Crippen LogP contribution in [0.15, 0.2) is 54.6 Å². The molecule has 2 aromatic carbocycles. The number of anilines is 1. The van der Waals surface area contributed by atoms with Crippen LogP contribution in [0, 0.1) is 5.92 Å². The topological polar surface area (TPSA) is 75.7 Å². The van der Waals surface area contributed by atoms with Gasteiger partial charge in [0.25, 0.3) is 0 Å². The predicted molar refractivity (Wildman–Crippen MR) is 98.2 cm³/mol. The number of hydrogen-bond donors (Lipinski definition) is 1. The van der Waals surface area contributed by atoms with Crippen molar-refractivity contribution in [3.63, 3.8) is 0 Å². The van der Waals surface area contributed by atoms with E-state index in [2.05, 4.69) is 5.32 Å². The van der Waals surface area contributed by atoms with Crippen LogP contribution in [0.3, 0.4) is 0 Å². The maximum atomic E-state index is 13.0. The van der Waals surface area contributed by atoms with E-state index in [-0.39, 0.29) is 5.92 Å². The third-order valence-corrected chi connectivity index (χ3v) is 7.77. The molecule has 2 fully saturated rings. The highest BCUT2D eigenvalue weighted by Gasteiger charge is 2.75. The number of rotatable bonds is 5. The lowest BCUT2D eigenvalue weighted by molar-refractivity contribution is -0.116. The van der Waals surface area contributed by atoms with E-state index in [9.17, 15) is 13.2 Å². The molecule has 1 saturated heterocycles. The van der Waals surface area contributed by atoms with Gasteiger partial charge in [-0.1, -0.05) is 30.3 Å². The molecule has 0 unspecified atom stereocenters. The Morgan fingerprint density at radius 2 is 1.88 bits per heavy atom. The van der Waals surface area contributed by atoms with Gasteiger partial charge in [-0.3, -0.25) is 4.79 Å². The molecule has 7 heteroatoms. The Bertz CT molecular complexity index is 928. The normalized spacial score (nSPS) is 26.1. The molecule has 1 aliphatic carbocycles. The van der Waals surface area contributed by atoms with Crippen LogP contribution in [0.2, 0.25) is 0 Å². The Hall–Kier alpha value is -2.38. The minimum atomic E-state index is -3.69. The van der Waals surface area contributed by atoms with E-state index in [0.717, 1.165) is 5.56 Å². The van der Waals surface area contributed by atoms with Crippen LogP contribution in [0.4, 0.5) is 5.69 Å². The summed E-state index contributed by atoms with van der Waals surface area (Å²) >= 11 is 0. The molecule has 1 N–H and O–H groups in total. The first-order valence-corrected chi connectivity index (χ1v) is 9.90. The molecule has 136 valence electrons. The Morgan fingerprint density at radius 3 is 2.54 bits per heavy atom. The van der Waals surface area contributed by atoms with Gasteiger partial charge >= 0.3 is 0 Å². The summed E-state index contributed by atoms with van der Waals surface area (Å²) in [5.41, 5.74) is 1.48. The fourth-order valence-electron chi connectivity index (χ4n) is 3.65. The van der Waals surface area contributed by atoms with E-state index in [1.54, 1.807) is 31.4 Å². The summed E-state index contributed by atoms with van der Waals surface area (Å²) in [6, 6.07) is 16.3. The molecule has 0 bridgehead atoms. The second-order valence-corrected chi connectivity index (χ2v) is 8.95. The molecule has 1 saturated carbocycles. The monoisotopic (exact) mass is 372 g/mol. The standard InChI is InChI=1S/C19H20N2O4S/c1-25-17-9-7-16(8-10-17)20-18(22)19-11-15(19)13-21(26(19,23)24)12-14-5-3-2-4-6-14/h2-10,15H,11-13H2,1H3,(H,20,22)/t15-,19-/m1/s1. The molecule has 2 aromatic rings. The SMILES string of the molecule is COc1ccc(NC(=O)[C@@]23C[C@@H]2CN(Cc2ccccc2)S3(=O)=O)cc1. The van der Waals surface area contributed by atoms with Gasteiger partial charge in [0.2, 0.25) is 15.9 Å². The third kappa shape index (κ3) is 2.59. The van der Waals surface area contributed by atoms with Crippen molar-refractivity contribution in [2.24, 2.45) is 5.92 Å². The Balaban J connectivity index is 1.52. The van der Waals surface area contributed by atoms with Crippen LogP contribution >= 0.6 is 0 Å². The maximum Gasteiger partial charge on any atom is 0.247 e. The van der Waals surface area contributed by atoms with Crippen LogP contribution < -0.4 is 10.1 Å². The number of fused-ring (bicyclic) bond motifs is 1. The van der Waals surface area contributed by atoms with E-state index in [4.69, 9.17) is 4.74 Å². The zero-order valence-electron chi connectivity index (χ0n) is 14.4. The highest BCUT2D eigenvalue weighted by atomic mass is 32.2. The largest absolute Gasteiger partial charge is 0.497 e. The maximum absolute atomic E-state index is 13.0. The lowest BCUT2D eigenvalue weighted by Crippen LogP contribution is -2.41. The van der Waals surface area contributed by atoms with Gasteiger partial charge in [0.1, 0.15) is 5.75 Å². The molecule has 4 rings (SSSR count). The quantitative estimate of drug-likeness (QED) is 0.873. The Kier molecular flexibility index (Phi) is 4.00. The molecular formula is C19H20N2O4S. The molecule has 2 aliphatic rings. The van der Waals surface area contributed by atoms with E-state index in [0.29, 0.717) is 30.9 Å². The van der Waals surface area contributed by atoms with E-state index in [1.165, 1.54) is 4.31 Å². The van der Waals surface area contributed by atoms with Gasteiger partial charge in [0, 0.05) is 24.7 Å². The van der Waals surface area contributed by atoms with Crippen molar-refractivity contribution in [3.05, 3.63) is 60.2 Å². The van der Waals surface area contributed by atoms with Crippen molar-refractivity contribution >= 4 is 21.6 Å². The van der Waals surface area contributed by atoms with Crippen molar-refractivity contribution < 1.29 is 17.9 Å². The molecular weight excluding hydrogens is 352 g/mol. The molecule has 1 aliphatic heterocycles. The smallest absolute Gasteiger partial charge is 0.247 e. The number of amides is 1. The summed E-state index contributed by atoms with van der Waals surface area (Å²) in [7, 11) is -2.12. The van der Waals surface area contributed by atoms with E-state index in [1.807, 2.05) is 30.3 Å². The molecule has 0 spiro atoms. The van der Waals surface area contributed by atoms with Crippen LogP contribution in [0.5, 0.6) is 5.75 Å². The molecule has 1 heterocycles. The molecule has 6 nitrogen and oxygen atoms in total. The van der Waals surface area contributed by atoms with Gasteiger partial charge in [0.05, 0.1) is 7.11 Å². The minimum Gasteiger partial charge on any atom is -0.497 e. The molecule has 1 amide bonds. The number of hydrogen-bond acceptors (Lipinski definition) is 4. The summed E-state index contributed by atoms with van der Waals surface area (Å²) in [6.07, 6.45) is 0.391. The lowest BCUT2D eigenvalue weighted by Gasteiger charge is -2.21. The number of nitrogens with zero attached hydrogens (tertiary/aromatic N) is 1. The van der Waals surface area contributed by atoms with E-state index < -0.39 is 20.7 Å². The Morgan fingerprint density at radius 1 is 1.19 bits per heavy atom. The number of benzene rings is 2. The first-order chi connectivity index (χ1) is 12.5. The van der Waals surface area contributed by atoms with Gasteiger partial charge in [-0.15, -0.1) is 0 Å². The van der Waals surface area contributed by atoms with Gasteiger partial charge < -0.3 is 10.1 Å². The summed E-state index contributed by atoms with van der Waals surface area (Å²) in [5, 5.41) is 2.76. The van der Waals surface area contributed by atoms with Crippen molar-refractivity contribution in [2.45, 2.75) is 17.7 Å². The molecule has 26 heavy (non-hydrogen) atoms. The number of nitrogens with one attached hydrogen (secondary N) is 1. The van der Waals surface area contributed by atoms with Crippen molar-refractivity contribution in [1.29, 1.82) is 0 Å². The lowest BCUT2D eigenvalue weighted by atomic mass is 10.2. The fraction of sp³-hybridized carbons (Fsp3) is 0.316. The van der Waals surface area contributed by atoms with Gasteiger partial charge in [0.15, 0.2) is 4.75 Å². The average Bonchev–Trinajstić information content (AvgIpc) is 3.34. The average molecular weight is 372 g/mol. The zero-order chi connectivity index (χ0) is 18.4. The summed E-state index contributed by atoms with van der Waals surface area (Å²) in [6.45, 7) is 0.699. The molecule has 0 aromatic heterocycles.